The van der Waals surface area contributed by atoms with Gasteiger partial charge in [-0.05, 0) is 18.3 Å². The molecule has 0 aromatic rings. The molecule has 0 saturated heterocycles. The van der Waals surface area contributed by atoms with Crippen molar-refractivity contribution in [3.63, 3.8) is 0 Å². The second-order valence-electron chi connectivity index (χ2n) is 5.01. The lowest BCUT2D eigenvalue weighted by Crippen LogP contribution is -2.33. The molecule has 0 fully saturated rings. The van der Waals surface area contributed by atoms with E-state index in [0.29, 0.717) is 11.4 Å². The second kappa shape index (κ2) is 6.21. The van der Waals surface area contributed by atoms with Crippen molar-refractivity contribution in [2.45, 2.75) is 45.4 Å². The lowest BCUT2D eigenvalue weighted by atomic mass is 10.0. The van der Waals surface area contributed by atoms with Crippen LogP contribution < -0.4 is 4.72 Å². The number of hydrogen-bond acceptors (Lipinski definition) is 2. The monoisotopic (exact) mass is 299 g/mol. The molecule has 0 aromatic carbocycles. The zero-order chi connectivity index (χ0) is 12.1. The summed E-state index contributed by atoms with van der Waals surface area (Å²) in [5.74, 6) is 0.180. The van der Waals surface area contributed by atoms with Gasteiger partial charge >= 0.3 is 0 Å². The standard InChI is InChI=1S/C10H22BrNO2S/c1-5-9(11)6-7-12-15(13,14)8-10(2,3)4/h9,12H,5-8H2,1-4H3. The average Bonchev–Trinajstić information content (AvgIpc) is 1.98. The van der Waals surface area contributed by atoms with E-state index in [1.54, 1.807) is 0 Å². The Balaban J connectivity index is 3.96. The van der Waals surface area contributed by atoms with Crippen molar-refractivity contribution in [1.82, 2.24) is 4.72 Å². The highest BCUT2D eigenvalue weighted by atomic mass is 79.9. The first-order valence-electron chi connectivity index (χ1n) is 5.28. The maximum Gasteiger partial charge on any atom is 0.212 e. The fourth-order valence-corrected chi connectivity index (χ4v) is 3.10. The van der Waals surface area contributed by atoms with Gasteiger partial charge in [0, 0.05) is 11.4 Å². The highest BCUT2D eigenvalue weighted by Crippen LogP contribution is 2.15. The van der Waals surface area contributed by atoms with Gasteiger partial charge in [0.15, 0.2) is 0 Å². The molecule has 0 spiro atoms. The van der Waals surface area contributed by atoms with E-state index in [2.05, 4.69) is 27.6 Å². The Morgan fingerprint density at radius 1 is 1.33 bits per heavy atom. The van der Waals surface area contributed by atoms with Crippen LogP contribution in [0.1, 0.15) is 40.5 Å². The molecule has 0 aliphatic heterocycles. The molecule has 0 saturated carbocycles. The lowest BCUT2D eigenvalue weighted by Gasteiger charge is -2.18. The van der Waals surface area contributed by atoms with Gasteiger partial charge in [0.25, 0.3) is 0 Å². The number of nitrogens with one attached hydrogen (secondary N) is 1. The molecule has 1 N–H and O–H groups in total. The zero-order valence-electron chi connectivity index (χ0n) is 10.0. The van der Waals surface area contributed by atoms with Crippen LogP contribution in [0.3, 0.4) is 0 Å². The van der Waals surface area contributed by atoms with E-state index < -0.39 is 10.0 Å². The molecule has 0 radical (unpaired) electrons. The highest BCUT2D eigenvalue weighted by Gasteiger charge is 2.20. The van der Waals surface area contributed by atoms with E-state index in [1.807, 2.05) is 20.8 Å². The van der Waals surface area contributed by atoms with Crippen LogP contribution in [0.4, 0.5) is 0 Å². The second-order valence-corrected chi connectivity index (χ2v) is 8.11. The molecule has 5 heteroatoms. The smallest absolute Gasteiger partial charge is 0.212 e. The van der Waals surface area contributed by atoms with Gasteiger partial charge in [-0.3, -0.25) is 0 Å². The molecule has 1 unspecified atom stereocenters. The normalized spacial score (nSPS) is 15.3. The molecule has 3 nitrogen and oxygen atoms in total. The summed E-state index contributed by atoms with van der Waals surface area (Å²) in [7, 11) is -3.11. The summed E-state index contributed by atoms with van der Waals surface area (Å²) >= 11 is 3.47. The Morgan fingerprint density at radius 3 is 2.27 bits per heavy atom. The molecular weight excluding hydrogens is 278 g/mol. The topological polar surface area (TPSA) is 46.2 Å². The summed E-state index contributed by atoms with van der Waals surface area (Å²) in [6.45, 7) is 8.36. The number of halogens is 1. The first-order chi connectivity index (χ1) is 6.66. The van der Waals surface area contributed by atoms with E-state index in [1.165, 1.54) is 0 Å². The predicted molar refractivity (Wildman–Crippen MR) is 68.9 cm³/mol. The van der Waals surface area contributed by atoms with Gasteiger partial charge in [-0.1, -0.05) is 43.6 Å². The largest absolute Gasteiger partial charge is 0.215 e. The van der Waals surface area contributed by atoms with Gasteiger partial charge < -0.3 is 0 Å². The maximum atomic E-state index is 11.6. The van der Waals surface area contributed by atoms with E-state index in [4.69, 9.17) is 0 Å². The molecular formula is C10H22BrNO2S. The molecule has 0 heterocycles. The zero-order valence-corrected chi connectivity index (χ0v) is 12.4. The number of sulfonamides is 1. The quantitative estimate of drug-likeness (QED) is 0.766. The summed E-state index contributed by atoms with van der Waals surface area (Å²) in [6.07, 6.45) is 1.85. The van der Waals surface area contributed by atoms with Crippen molar-refractivity contribution in [3.05, 3.63) is 0 Å². The molecule has 0 rings (SSSR count). The molecule has 0 amide bonds. The van der Waals surface area contributed by atoms with Crippen molar-refractivity contribution in [3.8, 4) is 0 Å². The van der Waals surface area contributed by atoms with E-state index in [0.717, 1.165) is 12.8 Å². The molecule has 15 heavy (non-hydrogen) atoms. The number of rotatable bonds is 6. The third kappa shape index (κ3) is 9.33. The summed E-state index contributed by atoms with van der Waals surface area (Å²) in [6, 6.07) is 0. The predicted octanol–water partition coefficient (Wildman–Crippen LogP) is 2.52. The Kier molecular flexibility index (Phi) is 6.37. The van der Waals surface area contributed by atoms with Crippen LogP contribution in [0.25, 0.3) is 0 Å². The van der Waals surface area contributed by atoms with Gasteiger partial charge in [0.05, 0.1) is 5.75 Å². The summed E-state index contributed by atoms with van der Waals surface area (Å²) in [5.41, 5.74) is -0.190. The first kappa shape index (κ1) is 15.4. The van der Waals surface area contributed by atoms with Gasteiger partial charge in [-0.2, -0.15) is 0 Å². The third-order valence-corrected chi connectivity index (χ3v) is 4.84. The molecule has 92 valence electrons. The molecule has 0 bridgehead atoms. The molecule has 0 aliphatic rings. The Hall–Kier alpha value is 0.390. The molecule has 0 aromatic heterocycles. The highest BCUT2D eigenvalue weighted by molar-refractivity contribution is 9.09. The van der Waals surface area contributed by atoms with Crippen molar-refractivity contribution in [1.29, 1.82) is 0 Å². The van der Waals surface area contributed by atoms with E-state index in [-0.39, 0.29) is 11.2 Å². The lowest BCUT2D eigenvalue weighted by molar-refractivity contribution is 0.457. The van der Waals surface area contributed by atoms with Crippen LogP contribution in [0.2, 0.25) is 0 Å². The SMILES string of the molecule is CCC(Br)CCNS(=O)(=O)CC(C)(C)C. The van der Waals surface area contributed by atoms with Crippen molar-refractivity contribution < 1.29 is 8.42 Å². The minimum Gasteiger partial charge on any atom is -0.215 e. The summed E-state index contributed by atoms with van der Waals surface area (Å²) in [5, 5.41) is 0. The fraction of sp³-hybridized carbons (Fsp3) is 1.00. The van der Waals surface area contributed by atoms with Crippen molar-refractivity contribution in [2.75, 3.05) is 12.3 Å². The molecule has 1 atom stereocenters. The fourth-order valence-electron chi connectivity index (χ4n) is 1.20. The van der Waals surface area contributed by atoms with E-state index in [9.17, 15) is 8.42 Å². The minimum absolute atomic E-state index is 0.180. The van der Waals surface area contributed by atoms with Crippen LogP contribution in [-0.4, -0.2) is 25.5 Å². The van der Waals surface area contributed by atoms with Gasteiger partial charge in [0.1, 0.15) is 0 Å². The summed E-state index contributed by atoms with van der Waals surface area (Å²) < 4.78 is 25.8. The maximum absolute atomic E-state index is 11.6. The number of alkyl halides is 1. The van der Waals surface area contributed by atoms with Crippen LogP contribution in [0.5, 0.6) is 0 Å². The van der Waals surface area contributed by atoms with Gasteiger partial charge in [0.2, 0.25) is 10.0 Å². The average molecular weight is 300 g/mol. The van der Waals surface area contributed by atoms with Gasteiger partial charge in [-0.15, -0.1) is 0 Å². The first-order valence-corrected chi connectivity index (χ1v) is 7.84. The summed E-state index contributed by atoms with van der Waals surface area (Å²) in [4.78, 5) is 0.398. The third-order valence-electron chi connectivity index (χ3n) is 1.85. The van der Waals surface area contributed by atoms with Crippen LogP contribution in [0, 0.1) is 5.41 Å². The Labute approximate surface area is 102 Å². The molecule has 0 aliphatic carbocycles. The van der Waals surface area contributed by atoms with Crippen molar-refractivity contribution in [2.24, 2.45) is 5.41 Å². The Bertz CT molecular complexity index is 270. The van der Waals surface area contributed by atoms with E-state index >= 15 is 0 Å². The van der Waals surface area contributed by atoms with Crippen LogP contribution in [-0.2, 0) is 10.0 Å². The Morgan fingerprint density at radius 2 is 1.87 bits per heavy atom. The number of hydrogen-bond donors (Lipinski definition) is 1. The minimum atomic E-state index is -3.11. The van der Waals surface area contributed by atoms with Gasteiger partial charge in [-0.25, -0.2) is 13.1 Å². The van der Waals surface area contributed by atoms with Crippen LogP contribution in [0.15, 0.2) is 0 Å². The van der Waals surface area contributed by atoms with Crippen LogP contribution >= 0.6 is 15.9 Å². The van der Waals surface area contributed by atoms with Crippen molar-refractivity contribution >= 4 is 26.0 Å².